The summed E-state index contributed by atoms with van der Waals surface area (Å²) in [7, 11) is -4.32. The number of allylic oxidation sites excluding steroid dienone is 1. The second kappa shape index (κ2) is 34.1. The number of nitrogens with two attached hydrogens (primary N) is 1. The molecule has 9 heteroatoms. The molecular formula is C37H75N2O6P. The molecule has 46 heavy (non-hydrogen) atoms. The number of aliphatic hydroxyl groups is 1. The topological polar surface area (TPSA) is 131 Å². The lowest BCUT2D eigenvalue weighted by molar-refractivity contribution is -0.123. The standard InChI is InChI=1S/C37H75N2O6P/c1-3-5-7-9-11-13-15-16-17-18-19-21-22-24-26-28-30-36(40)35(34-45-46(42,43)44-33-32-38)39-37(41)31-29-27-25-23-20-14-12-10-8-6-4-2/h28,30,35-36,40H,3-27,29,31-34,38H2,1-2H3,(H,39,41)(H,42,43)/b30-28+. The first-order valence-corrected chi connectivity index (χ1v) is 20.8. The van der Waals surface area contributed by atoms with Crippen LogP contribution in [0, 0.1) is 0 Å². The van der Waals surface area contributed by atoms with Crippen LogP contribution in [0.4, 0.5) is 0 Å². The maximum Gasteiger partial charge on any atom is 0.472 e. The van der Waals surface area contributed by atoms with Crippen LogP contribution in [0.5, 0.6) is 0 Å². The highest BCUT2D eigenvalue weighted by atomic mass is 31.2. The molecule has 0 aliphatic rings. The molecule has 0 radical (unpaired) electrons. The number of nitrogens with one attached hydrogen (secondary N) is 1. The predicted molar refractivity (Wildman–Crippen MR) is 194 cm³/mol. The number of hydrogen-bond donors (Lipinski definition) is 4. The Labute approximate surface area is 284 Å². The lowest BCUT2D eigenvalue weighted by atomic mass is 10.0. The maximum absolute atomic E-state index is 12.7. The molecule has 5 N–H and O–H groups in total. The molecule has 0 aromatic carbocycles. The smallest absolute Gasteiger partial charge is 0.387 e. The number of phosphoric ester groups is 1. The van der Waals surface area contributed by atoms with E-state index in [4.69, 9.17) is 14.8 Å². The van der Waals surface area contributed by atoms with Crippen molar-refractivity contribution in [1.29, 1.82) is 0 Å². The van der Waals surface area contributed by atoms with Crippen LogP contribution < -0.4 is 11.1 Å². The van der Waals surface area contributed by atoms with Crippen molar-refractivity contribution >= 4 is 13.7 Å². The molecule has 0 spiro atoms. The van der Waals surface area contributed by atoms with Gasteiger partial charge in [-0.05, 0) is 19.3 Å². The first kappa shape index (κ1) is 45.2. The number of aliphatic hydroxyl groups excluding tert-OH is 1. The fraction of sp³-hybridized carbons (Fsp3) is 0.919. The Balaban J connectivity index is 4.28. The number of amides is 1. The van der Waals surface area contributed by atoms with E-state index in [1.807, 2.05) is 6.08 Å². The van der Waals surface area contributed by atoms with Crippen LogP contribution in [0.15, 0.2) is 12.2 Å². The highest BCUT2D eigenvalue weighted by molar-refractivity contribution is 7.47. The maximum atomic E-state index is 12.7. The minimum Gasteiger partial charge on any atom is -0.387 e. The summed E-state index contributed by atoms with van der Waals surface area (Å²) < 4.78 is 22.0. The van der Waals surface area contributed by atoms with Crippen molar-refractivity contribution in [2.45, 2.75) is 199 Å². The monoisotopic (exact) mass is 675 g/mol. The molecule has 0 aliphatic heterocycles. The fourth-order valence-electron chi connectivity index (χ4n) is 5.66. The van der Waals surface area contributed by atoms with Crippen molar-refractivity contribution < 1.29 is 28.4 Å². The molecule has 0 aromatic rings. The van der Waals surface area contributed by atoms with E-state index in [0.29, 0.717) is 6.42 Å². The first-order valence-electron chi connectivity index (χ1n) is 19.3. The Bertz CT molecular complexity index is 739. The number of carbonyl (C=O) groups is 1. The van der Waals surface area contributed by atoms with Gasteiger partial charge in [-0.1, -0.05) is 174 Å². The van der Waals surface area contributed by atoms with Gasteiger partial charge < -0.3 is 21.1 Å². The molecule has 1 amide bonds. The highest BCUT2D eigenvalue weighted by Crippen LogP contribution is 2.43. The molecule has 8 nitrogen and oxygen atoms in total. The summed E-state index contributed by atoms with van der Waals surface area (Å²) >= 11 is 0. The Hall–Kier alpha value is -0.760. The number of hydrogen-bond acceptors (Lipinski definition) is 6. The quantitative estimate of drug-likeness (QED) is 0.0295. The van der Waals surface area contributed by atoms with Crippen molar-refractivity contribution in [2.24, 2.45) is 5.73 Å². The third kappa shape index (κ3) is 31.8. The van der Waals surface area contributed by atoms with Gasteiger partial charge in [0, 0.05) is 13.0 Å². The summed E-state index contributed by atoms with van der Waals surface area (Å²) in [5, 5.41) is 13.6. The SMILES string of the molecule is CCCCCCCCCCCCCCCC/C=C/C(O)C(COP(=O)(O)OCCN)NC(=O)CCCCCCCCCCCCC. The van der Waals surface area contributed by atoms with E-state index in [-0.39, 0.29) is 25.7 Å². The van der Waals surface area contributed by atoms with E-state index in [2.05, 4.69) is 19.2 Å². The Morgan fingerprint density at radius 3 is 1.54 bits per heavy atom. The van der Waals surface area contributed by atoms with Gasteiger partial charge in [0.1, 0.15) is 0 Å². The molecule has 0 bridgehead atoms. The van der Waals surface area contributed by atoms with Crippen LogP contribution in [0.3, 0.4) is 0 Å². The number of phosphoric acid groups is 1. The molecule has 0 heterocycles. The largest absolute Gasteiger partial charge is 0.472 e. The van der Waals surface area contributed by atoms with E-state index in [1.54, 1.807) is 6.08 Å². The Kier molecular flexibility index (Phi) is 33.6. The third-order valence-electron chi connectivity index (χ3n) is 8.61. The number of rotatable bonds is 36. The van der Waals surface area contributed by atoms with Gasteiger partial charge in [0.05, 0.1) is 25.4 Å². The molecule has 3 atom stereocenters. The zero-order valence-corrected chi connectivity index (χ0v) is 31.0. The Morgan fingerprint density at radius 1 is 0.696 bits per heavy atom. The van der Waals surface area contributed by atoms with Gasteiger partial charge in [0.2, 0.25) is 5.91 Å². The van der Waals surface area contributed by atoms with Crippen LogP contribution in [0.1, 0.15) is 187 Å². The van der Waals surface area contributed by atoms with Crippen molar-refractivity contribution in [3.8, 4) is 0 Å². The second-order valence-corrected chi connectivity index (χ2v) is 14.6. The minimum absolute atomic E-state index is 0.0810. The molecule has 274 valence electrons. The van der Waals surface area contributed by atoms with Crippen LogP contribution in [0.2, 0.25) is 0 Å². The lowest BCUT2D eigenvalue weighted by Crippen LogP contribution is -2.45. The highest BCUT2D eigenvalue weighted by Gasteiger charge is 2.26. The van der Waals surface area contributed by atoms with Crippen LogP contribution >= 0.6 is 7.82 Å². The molecule has 0 fully saturated rings. The van der Waals surface area contributed by atoms with Crippen LogP contribution in [-0.4, -0.2) is 47.8 Å². The zero-order chi connectivity index (χ0) is 34.0. The predicted octanol–water partition coefficient (Wildman–Crippen LogP) is 10.1. The molecular weight excluding hydrogens is 599 g/mol. The summed E-state index contributed by atoms with van der Waals surface area (Å²) in [6.45, 7) is 4.12. The Morgan fingerprint density at radius 2 is 1.11 bits per heavy atom. The number of carbonyl (C=O) groups excluding carboxylic acids is 1. The van der Waals surface area contributed by atoms with Gasteiger partial charge >= 0.3 is 7.82 Å². The number of unbranched alkanes of at least 4 members (excludes halogenated alkanes) is 24. The summed E-state index contributed by atoms with van der Waals surface area (Å²) in [6, 6.07) is -0.852. The summed E-state index contributed by atoms with van der Waals surface area (Å²) in [4.78, 5) is 22.6. The van der Waals surface area contributed by atoms with Gasteiger partial charge in [0.25, 0.3) is 0 Å². The molecule has 0 aromatic heterocycles. The van der Waals surface area contributed by atoms with Crippen LogP contribution in [-0.2, 0) is 18.4 Å². The molecule has 0 aliphatic carbocycles. The van der Waals surface area contributed by atoms with Gasteiger partial charge in [-0.25, -0.2) is 4.57 Å². The summed E-state index contributed by atoms with van der Waals surface area (Å²) in [6.07, 6.45) is 35.4. The lowest BCUT2D eigenvalue weighted by Gasteiger charge is -2.23. The molecule has 3 unspecified atom stereocenters. The third-order valence-corrected chi connectivity index (χ3v) is 9.60. The van der Waals surface area contributed by atoms with E-state index in [9.17, 15) is 19.4 Å². The first-order chi connectivity index (χ1) is 22.4. The van der Waals surface area contributed by atoms with E-state index in [1.165, 1.54) is 128 Å². The van der Waals surface area contributed by atoms with E-state index < -0.39 is 20.0 Å². The van der Waals surface area contributed by atoms with Crippen LogP contribution in [0.25, 0.3) is 0 Å². The van der Waals surface area contributed by atoms with Gasteiger partial charge in [0.15, 0.2) is 0 Å². The normalized spacial score (nSPS) is 14.5. The van der Waals surface area contributed by atoms with Gasteiger partial charge in [-0.15, -0.1) is 0 Å². The van der Waals surface area contributed by atoms with Crippen molar-refractivity contribution in [3.63, 3.8) is 0 Å². The average molecular weight is 675 g/mol. The summed E-state index contributed by atoms with van der Waals surface area (Å²) in [5.74, 6) is -0.195. The molecule has 0 saturated carbocycles. The van der Waals surface area contributed by atoms with E-state index in [0.717, 1.165) is 38.5 Å². The van der Waals surface area contributed by atoms with Gasteiger partial charge in [-0.3, -0.25) is 13.8 Å². The van der Waals surface area contributed by atoms with Crippen molar-refractivity contribution in [2.75, 3.05) is 19.8 Å². The summed E-state index contributed by atoms with van der Waals surface area (Å²) in [5.41, 5.74) is 5.35. The molecule has 0 saturated heterocycles. The average Bonchev–Trinajstić information content (AvgIpc) is 3.04. The van der Waals surface area contributed by atoms with Gasteiger partial charge in [-0.2, -0.15) is 0 Å². The van der Waals surface area contributed by atoms with Crippen molar-refractivity contribution in [1.82, 2.24) is 5.32 Å². The fourth-order valence-corrected chi connectivity index (χ4v) is 6.42. The second-order valence-electron chi connectivity index (χ2n) is 13.1. The molecule has 0 rings (SSSR count). The van der Waals surface area contributed by atoms with E-state index >= 15 is 0 Å². The minimum atomic E-state index is -4.32. The zero-order valence-electron chi connectivity index (χ0n) is 30.1. The van der Waals surface area contributed by atoms with Crippen molar-refractivity contribution in [3.05, 3.63) is 12.2 Å².